The number of ether oxygens (including phenoxy) is 3. The molecule has 0 N–H and O–H groups in total. The first kappa shape index (κ1) is 62.4. The molecule has 0 saturated carbocycles. The van der Waals surface area contributed by atoms with Crippen molar-refractivity contribution >= 4 is 17.9 Å². The molecule has 0 aromatic heterocycles. The van der Waals surface area contributed by atoms with Gasteiger partial charge in [-0.15, -0.1) is 0 Å². The summed E-state index contributed by atoms with van der Waals surface area (Å²) in [5.74, 6) is 0.821. The Hall–Kier alpha value is -1.59. The first-order valence-electron chi connectivity index (χ1n) is 28.7. The Morgan fingerprint density at radius 2 is 0.516 bits per heavy atom. The maximum absolute atomic E-state index is 12.8. The minimum absolute atomic E-state index is 0.0629. The van der Waals surface area contributed by atoms with E-state index in [-0.39, 0.29) is 31.1 Å². The molecule has 0 bridgehead atoms. The van der Waals surface area contributed by atoms with E-state index in [1.807, 2.05) is 0 Å². The third-order valence-electron chi connectivity index (χ3n) is 13.2. The van der Waals surface area contributed by atoms with Gasteiger partial charge in [-0.25, -0.2) is 0 Å². The lowest BCUT2D eigenvalue weighted by atomic mass is 10.0. The summed E-state index contributed by atoms with van der Waals surface area (Å²) in [6.45, 7) is 11.4. The number of hydrogen-bond acceptors (Lipinski definition) is 6. The van der Waals surface area contributed by atoms with Gasteiger partial charge in [0.1, 0.15) is 13.2 Å². The van der Waals surface area contributed by atoms with Crippen molar-refractivity contribution in [3.63, 3.8) is 0 Å². The summed E-state index contributed by atoms with van der Waals surface area (Å²) in [7, 11) is 0. The highest BCUT2D eigenvalue weighted by atomic mass is 16.6. The molecule has 0 fully saturated rings. The molecule has 0 aromatic rings. The van der Waals surface area contributed by atoms with Gasteiger partial charge in [-0.3, -0.25) is 14.4 Å². The van der Waals surface area contributed by atoms with E-state index >= 15 is 0 Å². The minimum atomic E-state index is -0.762. The highest BCUT2D eigenvalue weighted by Gasteiger charge is 2.19. The Bertz CT molecular complexity index is 978. The first-order valence-corrected chi connectivity index (χ1v) is 28.7. The number of esters is 3. The van der Waals surface area contributed by atoms with Gasteiger partial charge in [0, 0.05) is 19.3 Å². The van der Waals surface area contributed by atoms with Crippen LogP contribution in [-0.2, 0) is 28.6 Å². The van der Waals surface area contributed by atoms with Crippen LogP contribution >= 0.6 is 0 Å². The molecule has 0 spiro atoms. The number of hydrogen-bond donors (Lipinski definition) is 0. The van der Waals surface area contributed by atoms with E-state index in [2.05, 4.69) is 34.6 Å². The van der Waals surface area contributed by atoms with Gasteiger partial charge < -0.3 is 14.2 Å². The second-order valence-electron chi connectivity index (χ2n) is 20.9. The molecule has 0 heterocycles. The fourth-order valence-corrected chi connectivity index (χ4v) is 8.87. The molecule has 6 nitrogen and oxygen atoms in total. The summed E-state index contributed by atoms with van der Waals surface area (Å²) in [6, 6.07) is 0. The molecule has 0 amide bonds. The van der Waals surface area contributed by atoms with Crippen LogP contribution in [0.2, 0.25) is 0 Å². The van der Waals surface area contributed by atoms with E-state index in [1.165, 1.54) is 212 Å². The van der Waals surface area contributed by atoms with Crippen LogP contribution in [0.5, 0.6) is 0 Å². The quantitative estimate of drug-likeness (QED) is 0.0344. The largest absolute Gasteiger partial charge is 0.462 e. The zero-order valence-corrected chi connectivity index (χ0v) is 43.9. The van der Waals surface area contributed by atoms with Gasteiger partial charge in [0.2, 0.25) is 0 Å². The lowest BCUT2D eigenvalue weighted by Crippen LogP contribution is -2.30. The van der Waals surface area contributed by atoms with Crippen LogP contribution in [0.3, 0.4) is 0 Å². The number of rotatable bonds is 52. The standard InChI is InChI=1S/C58H112O6/c1-6-7-8-9-10-11-12-13-16-21-24-29-35-40-45-50-58(61)64-55(52-63-57(60)49-44-39-34-30-25-27-32-37-42-47-54(4)5)51-62-56(59)48-43-38-33-28-23-20-18-15-14-17-19-22-26-31-36-41-46-53(2)3/h53-55H,6-52H2,1-5H3/t55-/m1/s1. The molecular weight excluding hydrogens is 793 g/mol. The molecule has 0 aliphatic carbocycles. The SMILES string of the molecule is CCCCCCCCCCCCCCCCCC(=O)O[C@H](COC(=O)CCCCCCCCCCCCCCCCCCC(C)C)COC(=O)CCCCCCCCCCCC(C)C. The van der Waals surface area contributed by atoms with Crippen molar-refractivity contribution < 1.29 is 28.6 Å². The van der Waals surface area contributed by atoms with Crippen molar-refractivity contribution in [2.24, 2.45) is 11.8 Å². The second kappa shape index (κ2) is 50.8. The molecule has 0 rings (SSSR count). The fraction of sp³-hybridized carbons (Fsp3) is 0.948. The summed E-state index contributed by atoms with van der Waals surface area (Å²) >= 11 is 0. The van der Waals surface area contributed by atoms with Crippen LogP contribution in [-0.4, -0.2) is 37.2 Å². The maximum atomic E-state index is 12.8. The smallest absolute Gasteiger partial charge is 0.306 e. The maximum Gasteiger partial charge on any atom is 0.306 e. The zero-order valence-electron chi connectivity index (χ0n) is 43.9. The van der Waals surface area contributed by atoms with Crippen molar-refractivity contribution in [2.45, 2.75) is 330 Å². The lowest BCUT2D eigenvalue weighted by molar-refractivity contribution is -0.167. The molecular formula is C58H112O6. The van der Waals surface area contributed by atoms with Gasteiger partial charge in [-0.05, 0) is 31.1 Å². The highest BCUT2D eigenvalue weighted by molar-refractivity contribution is 5.71. The third kappa shape index (κ3) is 51.4. The van der Waals surface area contributed by atoms with E-state index in [1.54, 1.807) is 0 Å². The van der Waals surface area contributed by atoms with Crippen LogP contribution in [0.15, 0.2) is 0 Å². The predicted octanol–water partition coefficient (Wildman–Crippen LogP) is 18.9. The summed E-state index contributed by atoms with van der Waals surface area (Å²) in [6.07, 6.45) is 53.8. The Balaban J connectivity index is 4.26. The summed E-state index contributed by atoms with van der Waals surface area (Å²) in [4.78, 5) is 38.1. The molecule has 0 aromatic carbocycles. The molecule has 0 saturated heterocycles. The number of carbonyl (C=O) groups is 3. The van der Waals surface area contributed by atoms with Crippen LogP contribution in [0.25, 0.3) is 0 Å². The average molecular weight is 906 g/mol. The van der Waals surface area contributed by atoms with E-state index in [9.17, 15) is 14.4 Å². The summed E-state index contributed by atoms with van der Waals surface area (Å²) < 4.78 is 16.9. The van der Waals surface area contributed by atoms with Crippen molar-refractivity contribution in [1.82, 2.24) is 0 Å². The van der Waals surface area contributed by atoms with E-state index in [4.69, 9.17) is 14.2 Å². The van der Waals surface area contributed by atoms with Gasteiger partial charge in [0.15, 0.2) is 6.10 Å². The van der Waals surface area contributed by atoms with E-state index in [0.29, 0.717) is 19.3 Å². The van der Waals surface area contributed by atoms with Gasteiger partial charge >= 0.3 is 17.9 Å². The molecule has 0 aliphatic heterocycles. The lowest BCUT2D eigenvalue weighted by Gasteiger charge is -2.18. The van der Waals surface area contributed by atoms with Gasteiger partial charge in [0.05, 0.1) is 0 Å². The van der Waals surface area contributed by atoms with E-state index < -0.39 is 6.10 Å². The Morgan fingerprint density at radius 3 is 0.766 bits per heavy atom. The molecule has 0 unspecified atom stereocenters. The molecule has 6 heteroatoms. The van der Waals surface area contributed by atoms with E-state index in [0.717, 1.165) is 69.6 Å². The molecule has 1 atom stereocenters. The third-order valence-corrected chi connectivity index (χ3v) is 13.2. The van der Waals surface area contributed by atoms with Crippen molar-refractivity contribution in [3.05, 3.63) is 0 Å². The Kier molecular flexibility index (Phi) is 49.6. The fourth-order valence-electron chi connectivity index (χ4n) is 8.87. The Morgan fingerprint density at radius 1 is 0.297 bits per heavy atom. The first-order chi connectivity index (χ1) is 31.2. The van der Waals surface area contributed by atoms with Crippen molar-refractivity contribution in [3.8, 4) is 0 Å². The number of unbranched alkanes of at least 4 members (excludes halogenated alkanes) is 37. The van der Waals surface area contributed by atoms with Gasteiger partial charge in [-0.1, -0.05) is 285 Å². The van der Waals surface area contributed by atoms with Crippen LogP contribution in [0.4, 0.5) is 0 Å². The predicted molar refractivity (Wildman–Crippen MR) is 275 cm³/mol. The molecule has 0 radical (unpaired) electrons. The van der Waals surface area contributed by atoms with Crippen molar-refractivity contribution in [1.29, 1.82) is 0 Å². The monoisotopic (exact) mass is 905 g/mol. The molecule has 380 valence electrons. The molecule has 0 aliphatic rings. The van der Waals surface area contributed by atoms with Crippen LogP contribution in [0.1, 0.15) is 324 Å². The average Bonchev–Trinajstić information content (AvgIpc) is 3.27. The van der Waals surface area contributed by atoms with Crippen LogP contribution in [0, 0.1) is 11.8 Å². The normalized spacial score (nSPS) is 12.0. The zero-order chi connectivity index (χ0) is 46.8. The minimum Gasteiger partial charge on any atom is -0.462 e. The Labute approximate surface area is 399 Å². The topological polar surface area (TPSA) is 78.9 Å². The summed E-state index contributed by atoms with van der Waals surface area (Å²) in [5, 5.41) is 0. The van der Waals surface area contributed by atoms with Crippen molar-refractivity contribution in [2.75, 3.05) is 13.2 Å². The highest BCUT2D eigenvalue weighted by Crippen LogP contribution is 2.18. The van der Waals surface area contributed by atoms with Gasteiger partial charge in [-0.2, -0.15) is 0 Å². The van der Waals surface area contributed by atoms with Gasteiger partial charge in [0.25, 0.3) is 0 Å². The summed E-state index contributed by atoms with van der Waals surface area (Å²) in [5.41, 5.74) is 0. The number of carbonyl (C=O) groups excluding carboxylic acids is 3. The van der Waals surface area contributed by atoms with Crippen LogP contribution < -0.4 is 0 Å². The second-order valence-corrected chi connectivity index (χ2v) is 20.9. The molecule has 64 heavy (non-hydrogen) atoms.